The van der Waals surface area contributed by atoms with Crippen LogP contribution in [0.25, 0.3) is 21.6 Å². The molecule has 0 saturated carbocycles. The Labute approximate surface area is 176 Å². The van der Waals surface area contributed by atoms with E-state index in [2.05, 4.69) is 37.2 Å². The highest BCUT2D eigenvalue weighted by molar-refractivity contribution is 9.10. The fourth-order valence-corrected chi connectivity index (χ4v) is 3.97. The van der Waals surface area contributed by atoms with Gasteiger partial charge in [0.25, 0.3) is 0 Å². The van der Waals surface area contributed by atoms with Gasteiger partial charge in [0.15, 0.2) is 0 Å². The highest BCUT2D eigenvalue weighted by Gasteiger charge is 2.16. The minimum atomic E-state index is -3.97. The molecule has 0 amide bonds. The molecule has 146 valence electrons. The van der Waals surface area contributed by atoms with E-state index in [4.69, 9.17) is 0 Å². The molecule has 0 atom stereocenters. The molecule has 0 saturated heterocycles. The van der Waals surface area contributed by atoms with Crippen molar-refractivity contribution in [3.63, 3.8) is 0 Å². The van der Waals surface area contributed by atoms with E-state index in [1.165, 1.54) is 12.1 Å². The van der Waals surface area contributed by atoms with Gasteiger partial charge in [0, 0.05) is 10.3 Å². The van der Waals surface area contributed by atoms with Crippen molar-refractivity contribution in [1.82, 2.24) is 14.5 Å². The topological polar surface area (TPSA) is 82.8 Å². The first-order valence-electron chi connectivity index (χ1n) is 8.65. The fourth-order valence-electron chi connectivity index (χ4n) is 2.77. The van der Waals surface area contributed by atoms with Gasteiger partial charge in [-0.2, -0.15) is 4.57 Å². The van der Waals surface area contributed by atoms with Crippen molar-refractivity contribution in [3.05, 3.63) is 89.1 Å². The van der Waals surface area contributed by atoms with Crippen LogP contribution in [0.15, 0.2) is 89.3 Å². The lowest BCUT2D eigenvalue weighted by Crippen LogP contribution is -2.29. The van der Waals surface area contributed by atoms with Crippen LogP contribution in [0, 0.1) is 0 Å². The highest BCUT2D eigenvalue weighted by Crippen LogP contribution is 2.32. The number of rotatable bonds is 6. The smallest absolute Gasteiger partial charge is 0.250 e. The monoisotopic (exact) mass is 469 g/mol. The largest absolute Gasteiger partial charge is 0.429 e. The second-order valence-electron chi connectivity index (χ2n) is 6.19. The van der Waals surface area contributed by atoms with Crippen LogP contribution in [0.2, 0.25) is 0 Å². The number of nitrogens with zero attached hydrogens (tertiary/aromatic N) is 5. The van der Waals surface area contributed by atoms with Gasteiger partial charge in [-0.3, -0.25) is 0 Å². The lowest BCUT2D eigenvalue weighted by atomic mass is 10.3. The summed E-state index contributed by atoms with van der Waals surface area (Å²) in [5.41, 5.74) is 1.21. The number of hydrogen-bond acceptors (Lipinski definition) is 4. The number of allylic oxidation sites excluding steroid dienone is 1. The van der Waals surface area contributed by atoms with Crippen molar-refractivity contribution in [3.8, 4) is 5.82 Å². The van der Waals surface area contributed by atoms with Crippen molar-refractivity contribution in [2.75, 3.05) is 0 Å². The summed E-state index contributed by atoms with van der Waals surface area (Å²) in [4.78, 5) is 9.15. The third-order valence-electron chi connectivity index (χ3n) is 4.13. The van der Waals surface area contributed by atoms with Gasteiger partial charge < -0.3 is 9.71 Å². The Bertz CT molecular complexity index is 1300. The molecule has 0 aliphatic heterocycles. The average molecular weight is 470 g/mol. The predicted molar refractivity (Wildman–Crippen MR) is 114 cm³/mol. The second kappa shape index (κ2) is 7.76. The molecule has 0 radical (unpaired) electrons. The third-order valence-corrected chi connectivity index (χ3v) is 5.94. The Morgan fingerprint density at radius 2 is 1.79 bits per heavy atom. The van der Waals surface area contributed by atoms with Gasteiger partial charge in [-0.05, 0) is 35.8 Å². The molecule has 0 aliphatic carbocycles. The molecule has 29 heavy (non-hydrogen) atoms. The number of sulfonamides is 1. The number of halogens is 1. The maximum atomic E-state index is 12.9. The van der Waals surface area contributed by atoms with Crippen LogP contribution in [0.5, 0.6) is 0 Å². The van der Waals surface area contributed by atoms with E-state index >= 15 is 0 Å². The summed E-state index contributed by atoms with van der Waals surface area (Å²) >= 11 is 3.30. The minimum absolute atomic E-state index is 0.0213. The number of hydrogen-bond donors (Lipinski definition) is 0. The fraction of sp³-hybridized carbons (Fsp3) is 0.0500. The number of aromatic nitrogens is 4. The molecule has 0 spiro atoms. The SMILES string of the molecule is C=CC[n+]1ccn(-c2nc3ccccc3nc2[N-]S(=O)(=O)c2ccc(Br)cc2)c1. The van der Waals surface area contributed by atoms with Crippen LogP contribution in [-0.2, 0) is 16.6 Å². The molecule has 0 N–H and O–H groups in total. The van der Waals surface area contributed by atoms with Gasteiger partial charge in [-0.25, -0.2) is 18.0 Å². The van der Waals surface area contributed by atoms with E-state index in [0.717, 1.165) is 4.47 Å². The Morgan fingerprint density at radius 1 is 1.10 bits per heavy atom. The van der Waals surface area contributed by atoms with Crippen LogP contribution in [-0.4, -0.2) is 23.0 Å². The van der Waals surface area contributed by atoms with E-state index in [-0.39, 0.29) is 10.7 Å². The zero-order chi connectivity index (χ0) is 20.4. The molecule has 4 rings (SSSR count). The van der Waals surface area contributed by atoms with Gasteiger partial charge in [0.2, 0.25) is 22.2 Å². The maximum absolute atomic E-state index is 12.9. The van der Waals surface area contributed by atoms with E-state index in [1.807, 2.05) is 29.0 Å². The lowest BCUT2D eigenvalue weighted by molar-refractivity contribution is -0.686. The Morgan fingerprint density at radius 3 is 2.48 bits per heavy atom. The van der Waals surface area contributed by atoms with Crippen LogP contribution < -0.4 is 4.57 Å². The zero-order valence-corrected chi connectivity index (χ0v) is 17.6. The third kappa shape index (κ3) is 4.06. The van der Waals surface area contributed by atoms with Crippen LogP contribution >= 0.6 is 15.9 Å². The highest BCUT2D eigenvalue weighted by atomic mass is 79.9. The summed E-state index contributed by atoms with van der Waals surface area (Å²) in [6.45, 7) is 4.33. The molecule has 0 fully saturated rings. The molecular weight excluding hydrogens is 454 g/mol. The average Bonchev–Trinajstić information content (AvgIpc) is 3.16. The summed E-state index contributed by atoms with van der Waals surface area (Å²) in [5.74, 6) is 0.347. The standard InChI is InChI=1S/C20H16BrN5O2S/c1-2-11-25-12-13-26(14-25)20-19(22-17-5-3-4-6-18(17)23-20)24-29(27,28)16-9-7-15(21)8-10-16/h2-10,12-14H,1,11H2. The van der Waals surface area contributed by atoms with Crippen molar-refractivity contribution >= 4 is 42.8 Å². The van der Waals surface area contributed by atoms with Gasteiger partial charge in [-0.15, -0.1) is 0 Å². The molecule has 4 aromatic rings. The van der Waals surface area contributed by atoms with E-state index in [0.29, 0.717) is 23.4 Å². The molecule has 0 bridgehead atoms. The van der Waals surface area contributed by atoms with Gasteiger partial charge in [-0.1, -0.05) is 46.8 Å². The summed E-state index contributed by atoms with van der Waals surface area (Å²) in [6, 6.07) is 13.5. The normalized spacial score (nSPS) is 11.5. The van der Waals surface area contributed by atoms with Gasteiger partial charge in [0.1, 0.15) is 18.9 Å². The van der Waals surface area contributed by atoms with Gasteiger partial charge >= 0.3 is 0 Å². The first-order chi connectivity index (χ1) is 14.0. The number of para-hydroxylation sites is 2. The number of benzene rings is 2. The Hall–Kier alpha value is -3.04. The summed E-state index contributed by atoms with van der Waals surface area (Å²) in [7, 11) is -3.97. The Balaban J connectivity index is 1.83. The minimum Gasteiger partial charge on any atom is -0.429 e. The van der Waals surface area contributed by atoms with E-state index < -0.39 is 10.0 Å². The molecule has 7 nitrogen and oxygen atoms in total. The molecule has 9 heteroatoms. The van der Waals surface area contributed by atoms with Crippen molar-refractivity contribution in [1.29, 1.82) is 0 Å². The van der Waals surface area contributed by atoms with Crippen LogP contribution in [0.1, 0.15) is 0 Å². The number of imidazole rings is 1. The maximum Gasteiger partial charge on any atom is 0.250 e. The van der Waals surface area contributed by atoms with Crippen LogP contribution in [0.3, 0.4) is 0 Å². The number of fused-ring (bicyclic) bond motifs is 1. The first-order valence-corrected chi connectivity index (χ1v) is 10.9. The molecule has 2 heterocycles. The molecular formula is C20H16BrN5O2S. The van der Waals surface area contributed by atoms with Crippen LogP contribution in [0.4, 0.5) is 5.82 Å². The molecule has 2 aromatic heterocycles. The van der Waals surface area contributed by atoms with E-state index in [9.17, 15) is 8.42 Å². The Kier molecular flexibility index (Phi) is 5.16. The zero-order valence-electron chi connectivity index (χ0n) is 15.2. The predicted octanol–water partition coefficient (Wildman–Crippen LogP) is 4.05. The van der Waals surface area contributed by atoms with Crippen molar-refractivity contribution < 1.29 is 13.0 Å². The molecule has 0 unspecified atom stereocenters. The summed E-state index contributed by atoms with van der Waals surface area (Å²) < 4.78 is 34.1. The lowest BCUT2D eigenvalue weighted by Gasteiger charge is -2.18. The quantitative estimate of drug-likeness (QED) is 0.315. The molecule has 2 aromatic carbocycles. The van der Waals surface area contributed by atoms with Crippen molar-refractivity contribution in [2.24, 2.45) is 0 Å². The van der Waals surface area contributed by atoms with E-state index in [1.54, 1.807) is 41.4 Å². The van der Waals surface area contributed by atoms with Gasteiger partial charge in [0.05, 0.1) is 10.4 Å². The summed E-state index contributed by atoms with van der Waals surface area (Å²) in [6.07, 6.45) is 7.16. The van der Waals surface area contributed by atoms with Crippen molar-refractivity contribution in [2.45, 2.75) is 11.4 Å². The summed E-state index contributed by atoms with van der Waals surface area (Å²) in [5, 5.41) is 0. The first kappa shape index (κ1) is 19.3. The second-order valence-corrected chi connectivity index (χ2v) is 8.71. The molecule has 0 aliphatic rings.